The third kappa shape index (κ3) is 2.78. The average molecular weight is 208 g/mol. The Labute approximate surface area is 86.9 Å². The van der Waals surface area contributed by atoms with E-state index in [0.29, 0.717) is 0 Å². The highest BCUT2D eigenvalue weighted by Gasteiger charge is 2.11. The van der Waals surface area contributed by atoms with Gasteiger partial charge >= 0.3 is 5.97 Å². The summed E-state index contributed by atoms with van der Waals surface area (Å²) in [7, 11) is 0. The van der Waals surface area contributed by atoms with Crippen LogP contribution in [0.4, 0.5) is 5.69 Å². The van der Waals surface area contributed by atoms with Crippen LogP contribution in [0.15, 0.2) is 18.2 Å². The lowest BCUT2D eigenvalue weighted by Crippen LogP contribution is -2.23. The summed E-state index contributed by atoms with van der Waals surface area (Å²) in [5.74, 6) is -1.49. The average Bonchev–Trinajstić information content (AvgIpc) is 2.20. The van der Waals surface area contributed by atoms with E-state index < -0.39 is 11.9 Å². The van der Waals surface area contributed by atoms with Crippen LogP contribution < -0.4 is 11.1 Å². The number of amides is 1. The highest BCUT2D eigenvalue weighted by atomic mass is 16.4. The summed E-state index contributed by atoms with van der Waals surface area (Å²) in [5, 5.41) is 11.3. The normalized spacial score (nSPS) is 9.73. The molecule has 1 amide bonds. The number of hydrogen-bond acceptors (Lipinski definition) is 3. The number of rotatable bonds is 3. The Kier molecular flexibility index (Phi) is 3.41. The van der Waals surface area contributed by atoms with Gasteiger partial charge in [-0.1, -0.05) is 11.6 Å². The van der Waals surface area contributed by atoms with E-state index in [1.807, 2.05) is 0 Å². The highest BCUT2D eigenvalue weighted by Crippen LogP contribution is 2.17. The van der Waals surface area contributed by atoms with Gasteiger partial charge in [0.05, 0.1) is 17.8 Å². The van der Waals surface area contributed by atoms with E-state index in [-0.39, 0.29) is 17.8 Å². The lowest BCUT2D eigenvalue weighted by Gasteiger charge is -2.07. The SMILES string of the molecule is Cc1ccc(NC(=O)CN)c(C(=O)O)c1. The van der Waals surface area contributed by atoms with Gasteiger partial charge in [-0.15, -0.1) is 0 Å². The maximum absolute atomic E-state index is 11.0. The summed E-state index contributed by atoms with van der Waals surface area (Å²) in [6, 6.07) is 4.76. The van der Waals surface area contributed by atoms with E-state index in [1.54, 1.807) is 19.1 Å². The van der Waals surface area contributed by atoms with Gasteiger partial charge in [-0.05, 0) is 19.1 Å². The lowest BCUT2D eigenvalue weighted by atomic mass is 10.1. The molecule has 0 radical (unpaired) electrons. The molecular weight excluding hydrogens is 196 g/mol. The van der Waals surface area contributed by atoms with Crippen LogP contribution in [0.5, 0.6) is 0 Å². The summed E-state index contributed by atoms with van der Waals surface area (Å²) in [4.78, 5) is 21.9. The zero-order valence-electron chi connectivity index (χ0n) is 8.28. The topological polar surface area (TPSA) is 92.4 Å². The first kappa shape index (κ1) is 11.2. The molecule has 0 aliphatic heterocycles. The molecule has 80 valence electrons. The first-order valence-electron chi connectivity index (χ1n) is 4.38. The van der Waals surface area contributed by atoms with Crippen molar-refractivity contribution in [3.63, 3.8) is 0 Å². The molecule has 0 atom stereocenters. The third-order valence-corrected chi connectivity index (χ3v) is 1.86. The number of carbonyl (C=O) groups excluding carboxylic acids is 1. The molecule has 0 aliphatic rings. The van der Waals surface area contributed by atoms with Crippen molar-refractivity contribution in [1.82, 2.24) is 0 Å². The van der Waals surface area contributed by atoms with Gasteiger partial charge in [0.1, 0.15) is 0 Å². The maximum Gasteiger partial charge on any atom is 0.337 e. The molecule has 0 saturated heterocycles. The molecule has 0 aliphatic carbocycles. The third-order valence-electron chi connectivity index (χ3n) is 1.86. The smallest absolute Gasteiger partial charge is 0.337 e. The number of hydrogen-bond donors (Lipinski definition) is 3. The molecule has 1 aromatic carbocycles. The second kappa shape index (κ2) is 4.56. The first-order valence-corrected chi connectivity index (χ1v) is 4.38. The second-order valence-corrected chi connectivity index (χ2v) is 3.11. The van der Waals surface area contributed by atoms with E-state index in [1.165, 1.54) is 6.07 Å². The quantitative estimate of drug-likeness (QED) is 0.677. The minimum absolute atomic E-state index is 0.0665. The zero-order valence-corrected chi connectivity index (χ0v) is 8.28. The van der Waals surface area contributed by atoms with Crippen molar-refractivity contribution in [3.8, 4) is 0 Å². The second-order valence-electron chi connectivity index (χ2n) is 3.11. The minimum Gasteiger partial charge on any atom is -0.478 e. The van der Waals surface area contributed by atoms with E-state index in [0.717, 1.165) is 5.56 Å². The van der Waals surface area contributed by atoms with Gasteiger partial charge in [-0.3, -0.25) is 4.79 Å². The molecule has 0 bridgehead atoms. The van der Waals surface area contributed by atoms with Gasteiger partial charge in [0.15, 0.2) is 0 Å². The van der Waals surface area contributed by atoms with Gasteiger partial charge in [-0.2, -0.15) is 0 Å². The van der Waals surface area contributed by atoms with Crippen LogP contribution in [0.1, 0.15) is 15.9 Å². The molecule has 0 saturated carbocycles. The first-order chi connectivity index (χ1) is 7.04. The summed E-state index contributed by atoms with van der Waals surface area (Å²) < 4.78 is 0. The van der Waals surface area contributed by atoms with E-state index in [9.17, 15) is 9.59 Å². The van der Waals surface area contributed by atoms with Crippen molar-refractivity contribution in [3.05, 3.63) is 29.3 Å². The van der Waals surface area contributed by atoms with Crippen molar-refractivity contribution < 1.29 is 14.7 Å². The van der Waals surface area contributed by atoms with Crippen LogP contribution in [0.3, 0.4) is 0 Å². The molecule has 15 heavy (non-hydrogen) atoms. The number of nitrogens with one attached hydrogen (secondary N) is 1. The summed E-state index contributed by atoms with van der Waals surface area (Å²) in [5.41, 5.74) is 6.27. The predicted molar refractivity (Wildman–Crippen MR) is 55.8 cm³/mol. The van der Waals surface area contributed by atoms with Gasteiger partial charge < -0.3 is 16.2 Å². The molecule has 0 unspecified atom stereocenters. The van der Waals surface area contributed by atoms with Crippen LogP contribution in [0.25, 0.3) is 0 Å². The molecule has 0 heterocycles. The van der Waals surface area contributed by atoms with Crippen LogP contribution in [0.2, 0.25) is 0 Å². The molecule has 0 fully saturated rings. The van der Waals surface area contributed by atoms with Crippen LogP contribution in [-0.4, -0.2) is 23.5 Å². The predicted octanol–water partition coefficient (Wildman–Crippen LogP) is 0.590. The molecule has 1 rings (SSSR count). The lowest BCUT2D eigenvalue weighted by molar-refractivity contribution is -0.114. The number of anilines is 1. The highest BCUT2D eigenvalue weighted by molar-refractivity contribution is 6.01. The number of aromatic carboxylic acids is 1. The fraction of sp³-hybridized carbons (Fsp3) is 0.200. The Morgan fingerprint density at radius 2 is 2.13 bits per heavy atom. The summed E-state index contributed by atoms with van der Waals surface area (Å²) in [6.45, 7) is 1.61. The number of nitrogens with two attached hydrogens (primary N) is 1. The molecule has 4 N–H and O–H groups in total. The van der Waals surface area contributed by atoms with Crippen molar-refractivity contribution in [2.45, 2.75) is 6.92 Å². The van der Waals surface area contributed by atoms with Crippen molar-refractivity contribution in [2.75, 3.05) is 11.9 Å². The number of benzene rings is 1. The van der Waals surface area contributed by atoms with E-state index >= 15 is 0 Å². The molecule has 0 aromatic heterocycles. The standard InChI is InChI=1S/C10H12N2O3/c1-6-2-3-8(12-9(13)5-11)7(4-6)10(14)15/h2-4H,5,11H2,1H3,(H,12,13)(H,14,15). The van der Waals surface area contributed by atoms with Crippen molar-refractivity contribution in [2.24, 2.45) is 5.73 Å². The van der Waals surface area contributed by atoms with Crippen LogP contribution >= 0.6 is 0 Å². The maximum atomic E-state index is 11.0. The van der Waals surface area contributed by atoms with Gasteiger partial charge in [0.25, 0.3) is 0 Å². The van der Waals surface area contributed by atoms with Crippen molar-refractivity contribution in [1.29, 1.82) is 0 Å². The molecule has 5 heteroatoms. The molecule has 0 spiro atoms. The van der Waals surface area contributed by atoms with Crippen LogP contribution in [0, 0.1) is 6.92 Å². The fourth-order valence-corrected chi connectivity index (χ4v) is 1.15. The van der Waals surface area contributed by atoms with Gasteiger partial charge in [0.2, 0.25) is 5.91 Å². The van der Waals surface area contributed by atoms with Crippen molar-refractivity contribution >= 4 is 17.6 Å². The Balaban J connectivity index is 3.06. The molecule has 5 nitrogen and oxygen atoms in total. The van der Waals surface area contributed by atoms with Crippen LogP contribution in [-0.2, 0) is 4.79 Å². The van der Waals surface area contributed by atoms with Gasteiger partial charge in [0, 0.05) is 0 Å². The number of carboxylic acid groups (broad SMARTS) is 1. The Morgan fingerprint density at radius 1 is 1.47 bits per heavy atom. The van der Waals surface area contributed by atoms with Gasteiger partial charge in [-0.25, -0.2) is 4.79 Å². The summed E-state index contributed by atoms with van der Waals surface area (Å²) >= 11 is 0. The Morgan fingerprint density at radius 3 is 2.67 bits per heavy atom. The Bertz CT molecular complexity index is 402. The largest absolute Gasteiger partial charge is 0.478 e. The summed E-state index contributed by atoms with van der Waals surface area (Å²) in [6.07, 6.45) is 0. The Hall–Kier alpha value is -1.88. The number of carboxylic acids is 1. The zero-order chi connectivity index (χ0) is 11.4. The fourth-order valence-electron chi connectivity index (χ4n) is 1.15. The van der Waals surface area contributed by atoms with E-state index in [2.05, 4.69) is 5.32 Å². The molecule has 1 aromatic rings. The number of aryl methyl sites for hydroxylation is 1. The minimum atomic E-state index is -1.08. The monoisotopic (exact) mass is 208 g/mol. The molecular formula is C10H12N2O3. The number of carbonyl (C=O) groups is 2. The van der Waals surface area contributed by atoms with E-state index in [4.69, 9.17) is 10.8 Å².